The Morgan fingerprint density at radius 1 is 0.925 bits per heavy atom. The summed E-state index contributed by atoms with van der Waals surface area (Å²) in [6.07, 6.45) is 1.16. The third-order valence-electron chi connectivity index (χ3n) is 5.00. The Labute approximate surface area is 225 Å². The molecule has 40 heavy (non-hydrogen) atoms. The van der Waals surface area contributed by atoms with Gasteiger partial charge in [0, 0.05) is 5.57 Å². The van der Waals surface area contributed by atoms with E-state index in [4.69, 9.17) is 26.4 Å². The minimum Gasteiger partial charge on any atom is -0.478 e. The lowest BCUT2D eigenvalue weighted by Gasteiger charge is -2.12. The van der Waals surface area contributed by atoms with E-state index in [0.29, 0.717) is 0 Å². The Balaban J connectivity index is 1.82. The van der Waals surface area contributed by atoms with Crippen LogP contribution in [0.4, 0.5) is 14.5 Å². The summed E-state index contributed by atoms with van der Waals surface area (Å²) in [5, 5.41) is 18.3. The molecule has 0 saturated heterocycles. The number of ether oxygens (including phenoxy) is 1. The predicted octanol–water partition coefficient (Wildman–Crippen LogP) is 3.16. The van der Waals surface area contributed by atoms with Crippen molar-refractivity contribution in [3.63, 3.8) is 0 Å². The Morgan fingerprint density at radius 2 is 1.45 bits per heavy atom. The number of nitrogens with one attached hydrogen (secondary N) is 1. The number of halogens is 2. The number of aliphatic imine (C=N–C) groups is 1. The van der Waals surface area contributed by atoms with Crippen molar-refractivity contribution in [1.82, 2.24) is 0 Å². The van der Waals surface area contributed by atoms with Crippen LogP contribution in [0.2, 0.25) is 0 Å². The lowest BCUT2D eigenvalue weighted by atomic mass is 10.1. The number of rotatable bonds is 9. The van der Waals surface area contributed by atoms with Crippen LogP contribution < -0.4 is 20.9 Å². The van der Waals surface area contributed by atoms with E-state index in [1.165, 1.54) is 6.92 Å². The number of hydrogen-bond donors (Lipinski definition) is 5. The average Bonchev–Trinajstić information content (AvgIpc) is 2.85. The molecule has 12 nitrogen and oxygen atoms in total. The van der Waals surface area contributed by atoms with Crippen LogP contribution >= 0.6 is 0 Å². The van der Waals surface area contributed by atoms with Gasteiger partial charge in [-0.2, -0.15) is 4.99 Å². The van der Waals surface area contributed by atoms with Gasteiger partial charge in [0.15, 0.2) is 23.3 Å². The third-order valence-corrected chi connectivity index (χ3v) is 6.40. The van der Waals surface area contributed by atoms with Gasteiger partial charge in [-0.15, -0.1) is 0 Å². The van der Waals surface area contributed by atoms with Crippen molar-refractivity contribution in [3.8, 4) is 11.5 Å². The molecule has 15 heteroatoms. The zero-order chi connectivity index (χ0) is 29.8. The molecule has 0 bridgehead atoms. The summed E-state index contributed by atoms with van der Waals surface area (Å²) in [7, 11) is -4.33. The molecule has 0 aliphatic rings. The van der Waals surface area contributed by atoms with Gasteiger partial charge in [0.2, 0.25) is 0 Å². The van der Waals surface area contributed by atoms with Crippen LogP contribution in [0.3, 0.4) is 0 Å². The van der Waals surface area contributed by atoms with E-state index >= 15 is 0 Å². The molecule has 3 rings (SSSR count). The molecular formula is C25H20F2N4O8S. The van der Waals surface area contributed by atoms with Gasteiger partial charge in [-0.05, 0) is 73.2 Å². The van der Waals surface area contributed by atoms with Crippen molar-refractivity contribution in [2.45, 2.75) is 11.8 Å². The monoisotopic (exact) mass is 574 g/mol. The number of hydrogen-bond acceptors (Lipinski definition) is 6. The quantitative estimate of drug-likeness (QED) is 0.143. The van der Waals surface area contributed by atoms with Crippen LogP contribution in [0.15, 0.2) is 70.1 Å². The smallest absolute Gasteiger partial charge is 0.335 e. The molecule has 3 aromatic carbocycles. The summed E-state index contributed by atoms with van der Waals surface area (Å²) in [6, 6.07) is 8.83. The van der Waals surface area contributed by atoms with Crippen molar-refractivity contribution in [3.05, 3.63) is 88.5 Å². The second kappa shape index (κ2) is 11.6. The lowest BCUT2D eigenvalue weighted by molar-refractivity contribution is -0.114. The summed E-state index contributed by atoms with van der Waals surface area (Å²) in [5.74, 6) is -7.41. The maximum atomic E-state index is 14.6. The minimum absolute atomic E-state index is 0.000136. The predicted molar refractivity (Wildman–Crippen MR) is 139 cm³/mol. The molecule has 1 amide bonds. The molecule has 0 fully saturated rings. The molecule has 0 aromatic heterocycles. The Hall–Kier alpha value is -5.31. The Kier molecular flexibility index (Phi) is 8.49. The average molecular weight is 575 g/mol. The van der Waals surface area contributed by atoms with Gasteiger partial charge in [-0.3, -0.25) is 9.52 Å². The lowest BCUT2D eigenvalue weighted by Crippen LogP contribution is -2.24. The van der Waals surface area contributed by atoms with Crippen molar-refractivity contribution >= 4 is 45.6 Å². The van der Waals surface area contributed by atoms with E-state index < -0.39 is 62.3 Å². The molecule has 0 aliphatic heterocycles. The zero-order valence-corrected chi connectivity index (χ0v) is 21.2. The molecule has 3 aromatic rings. The van der Waals surface area contributed by atoms with Crippen LogP contribution in [-0.2, 0) is 14.8 Å². The van der Waals surface area contributed by atoms with Gasteiger partial charge in [0.05, 0.1) is 21.7 Å². The van der Waals surface area contributed by atoms with Gasteiger partial charge in [0.1, 0.15) is 5.75 Å². The van der Waals surface area contributed by atoms with Gasteiger partial charge in [-0.1, -0.05) is 0 Å². The minimum atomic E-state index is -4.33. The maximum absolute atomic E-state index is 14.6. The summed E-state index contributed by atoms with van der Waals surface area (Å²) in [5.41, 5.74) is 9.01. The fraction of sp³-hybridized carbons (Fsp3) is 0.0400. The van der Waals surface area contributed by atoms with Crippen LogP contribution in [0, 0.1) is 11.6 Å². The Bertz CT molecular complexity index is 1630. The van der Waals surface area contributed by atoms with Crippen molar-refractivity contribution in [2.24, 2.45) is 16.5 Å². The first kappa shape index (κ1) is 29.2. The second-order valence-corrected chi connectivity index (χ2v) is 9.75. The molecule has 0 spiro atoms. The van der Waals surface area contributed by atoms with E-state index in [9.17, 15) is 31.6 Å². The third kappa shape index (κ3) is 7.16. The molecular weight excluding hydrogens is 554 g/mol. The van der Waals surface area contributed by atoms with Crippen LogP contribution in [0.25, 0.3) is 6.08 Å². The summed E-state index contributed by atoms with van der Waals surface area (Å²) in [6.45, 7) is 1.34. The van der Waals surface area contributed by atoms with Crippen LogP contribution in [-0.4, -0.2) is 42.4 Å². The number of guanidine groups is 1. The number of benzene rings is 3. The highest BCUT2D eigenvalue weighted by Gasteiger charge is 2.19. The molecule has 0 aliphatic carbocycles. The van der Waals surface area contributed by atoms with Crippen molar-refractivity contribution < 1.29 is 46.5 Å². The number of carboxylic acids is 2. The molecule has 0 unspecified atom stereocenters. The summed E-state index contributed by atoms with van der Waals surface area (Å²) >= 11 is 0. The summed E-state index contributed by atoms with van der Waals surface area (Å²) < 4.78 is 62.1. The number of aromatic carboxylic acids is 2. The van der Waals surface area contributed by atoms with Crippen molar-refractivity contribution in [2.75, 3.05) is 4.72 Å². The SMILES string of the molecule is C/C(=C\c1cc(F)c(Oc2ccc(S(=O)(=O)Nc3cc(C(=O)O)cc(C(=O)O)c3)cc2)c(F)c1)C(=O)N=C(N)N. The number of carbonyl (C=O) groups is 3. The van der Waals surface area contributed by atoms with Crippen molar-refractivity contribution in [1.29, 1.82) is 0 Å². The number of amides is 1. The molecule has 0 heterocycles. The van der Waals surface area contributed by atoms with E-state index in [0.717, 1.165) is 60.7 Å². The van der Waals surface area contributed by atoms with E-state index in [1.54, 1.807) is 0 Å². The highest BCUT2D eigenvalue weighted by atomic mass is 32.2. The van der Waals surface area contributed by atoms with Gasteiger partial charge < -0.3 is 26.4 Å². The first-order valence-corrected chi connectivity index (χ1v) is 12.4. The van der Waals surface area contributed by atoms with E-state index in [1.807, 2.05) is 0 Å². The molecule has 0 radical (unpaired) electrons. The number of carboxylic acid groups (broad SMARTS) is 2. The van der Waals surface area contributed by atoms with E-state index in [2.05, 4.69) is 9.71 Å². The van der Waals surface area contributed by atoms with Gasteiger partial charge in [0.25, 0.3) is 15.9 Å². The van der Waals surface area contributed by atoms with Gasteiger partial charge in [-0.25, -0.2) is 26.8 Å². The highest BCUT2D eigenvalue weighted by Crippen LogP contribution is 2.30. The first-order valence-electron chi connectivity index (χ1n) is 10.9. The highest BCUT2D eigenvalue weighted by molar-refractivity contribution is 7.92. The topological polar surface area (TPSA) is 211 Å². The van der Waals surface area contributed by atoms with Gasteiger partial charge >= 0.3 is 11.9 Å². The molecule has 0 saturated carbocycles. The number of nitrogens with zero attached hydrogens (tertiary/aromatic N) is 1. The zero-order valence-electron chi connectivity index (χ0n) is 20.4. The second-order valence-electron chi connectivity index (χ2n) is 8.07. The fourth-order valence-electron chi connectivity index (χ4n) is 3.23. The molecule has 208 valence electrons. The number of sulfonamides is 1. The summed E-state index contributed by atoms with van der Waals surface area (Å²) in [4.78, 5) is 37.3. The van der Waals surface area contributed by atoms with Crippen LogP contribution in [0.1, 0.15) is 33.2 Å². The fourth-order valence-corrected chi connectivity index (χ4v) is 4.27. The molecule has 0 atom stereocenters. The largest absolute Gasteiger partial charge is 0.478 e. The first-order chi connectivity index (χ1) is 18.7. The molecule has 7 N–H and O–H groups in total. The number of nitrogens with two attached hydrogens (primary N) is 2. The van der Waals surface area contributed by atoms with E-state index in [-0.39, 0.29) is 27.5 Å². The maximum Gasteiger partial charge on any atom is 0.335 e. The number of anilines is 1. The number of carbonyl (C=O) groups excluding carboxylic acids is 1. The standard InChI is InChI=1S/C25H20F2N4O8S/c1-12(22(32)30-25(28)29)6-13-7-19(26)21(20(27)8-13)39-17-2-4-18(5-3-17)40(37,38)31-16-10-14(23(33)34)9-15(11-16)24(35)36/h2-11,31H,1H3,(H,33,34)(H,35,36)(H4,28,29,30,32)/b12-6+. The normalized spacial score (nSPS) is 11.4. The van der Waals surface area contributed by atoms with Crippen LogP contribution in [0.5, 0.6) is 11.5 Å². The Morgan fingerprint density at radius 3 is 1.93 bits per heavy atom.